The third kappa shape index (κ3) is 6.43. The number of carbonyl (C=O) groups excluding carboxylic acids is 2. The summed E-state index contributed by atoms with van der Waals surface area (Å²) in [7, 11) is 1.77. The summed E-state index contributed by atoms with van der Waals surface area (Å²) < 4.78 is 0. The number of benzene rings is 2. The average Bonchev–Trinajstić information content (AvgIpc) is 2.76. The summed E-state index contributed by atoms with van der Waals surface area (Å²) in [4.78, 5) is 31.4. The number of nitrogens with zero attached hydrogens (tertiary/aromatic N) is 3. The molecule has 1 heterocycles. The maximum atomic E-state index is 12.9. The van der Waals surface area contributed by atoms with E-state index in [-0.39, 0.29) is 18.4 Å². The van der Waals surface area contributed by atoms with Gasteiger partial charge in [0.25, 0.3) is 0 Å². The smallest absolute Gasteiger partial charge is 0.239 e. The molecule has 1 aliphatic rings. The van der Waals surface area contributed by atoms with Gasteiger partial charge in [0, 0.05) is 32.7 Å². The summed E-state index contributed by atoms with van der Waals surface area (Å²) in [5.41, 5.74) is 1.66. The first-order chi connectivity index (χ1) is 14.8. The van der Waals surface area contributed by atoms with Gasteiger partial charge in [-0.3, -0.25) is 19.4 Å². The molecule has 31 heavy (non-hydrogen) atoms. The van der Waals surface area contributed by atoms with E-state index in [1.165, 1.54) is 5.56 Å². The number of para-hydroxylation sites is 1. The number of hydrogen-bond donors (Lipinski definition) is 1. The Morgan fingerprint density at radius 2 is 1.61 bits per heavy atom. The van der Waals surface area contributed by atoms with E-state index in [2.05, 4.69) is 22.3 Å². The Balaban J connectivity index is 1.47. The third-order valence-electron chi connectivity index (χ3n) is 5.57. The maximum absolute atomic E-state index is 12.9. The monoisotopic (exact) mass is 462 g/mol. The van der Waals surface area contributed by atoms with Crippen molar-refractivity contribution in [3.8, 4) is 0 Å². The Kier molecular flexibility index (Phi) is 8.32. The Bertz CT molecular complexity index is 881. The summed E-state index contributed by atoms with van der Waals surface area (Å²) in [5, 5.41) is 3.49. The van der Waals surface area contributed by atoms with Crippen molar-refractivity contribution in [2.24, 2.45) is 0 Å². The molecule has 1 atom stereocenters. The first kappa shape index (κ1) is 23.5. The lowest BCUT2D eigenvalue weighted by Crippen LogP contribution is -2.54. The van der Waals surface area contributed by atoms with Crippen LogP contribution in [0, 0.1) is 0 Å². The molecule has 1 aliphatic heterocycles. The molecule has 2 aromatic rings. The Morgan fingerprint density at radius 3 is 2.23 bits per heavy atom. The molecule has 6 nitrogen and oxygen atoms in total. The highest BCUT2D eigenvalue weighted by Crippen LogP contribution is 2.29. The maximum Gasteiger partial charge on any atom is 0.239 e. The number of carbonyl (C=O) groups is 2. The molecule has 2 aromatic carbocycles. The molecule has 2 amide bonds. The Morgan fingerprint density at radius 1 is 1.00 bits per heavy atom. The predicted octanol–water partition coefficient (Wildman–Crippen LogP) is 3.60. The molecule has 166 valence electrons. The summed E-state index contributed by atoms with van der Waals surface area (Å²) >= 11 is 12.2. The summed E-state index contributed by atoms with van der Waals surface area (Å²) in [6, 6.07) is 15.0. The Labute approximate surface area is 193 Å². The van der Waals surface area contributed by atoms with Gasteiger partial charge in [-0.25, -0.2) is 0 Å². The summed E-state index contributed by atoms with van der Waals surface area (Å²) in [6.45, 7) is 5.82. The lowest BCUT2D eigenvalue weighted by Gasteiger charge is -2.37. The minimum absolute atomic E-state index is 0.0328. The molecule has 0 spiro atoms. The fraction of sp³-hybridized carbons (Fsp3) is 0.391. The molecular formula is C23H28Cl2N4O2. The fourth-order valence-electron chi connectivity index (χ4n) is 3.58. The van der Waals surface area contributed by atoms with Crippen LogP contribution in [-0.4, -0.2) is 72.3 Å². The van der Waals surface area contributed by atoms with Gasteiger partial charge in [0.1, 0.15) is 0 Å². The van der Waals surface area contributed by atoms with Crippen molar-refractivity contribution >= 4 is 40.7 Å². The van der Waals surface area contributed by atoms with Crippen LogP contribution in [-0.2, 0) is 16.1 Å². The SMILES string of the molecule is CC(C(=O)N1CCN(Cc2ccccc2)CC1)N(C)CC(=O)Nc1c(Cl)cccc1Cl. The molecule has 1 saturated heterocycles. The number of rotatable bonds is 7. The van der Waals surface area contributed by atoms with Crippen molar-refractivity contribution in [1.29, 1.82) is 0 Å². The van der Waals surface area contributed by atoms with Crippen LogP contribution in [0.3, 0.4) is 0 Å². The van der Waals surface area contributed by atoms with E-state index in [1.54, 1.807) is 30.1 Å². The van der Waals surface area contributed by atoms with Crippen LogP contribution in [0.5, 0.6) is 0 Å². The van der Waals surface area contributed by atoms with Crippen LogP contribution in [0.1, 0.15) is 12.5 Å². The van der Waals surface area contributed by atoms with Crippen LogP contribution in [0.15, 0.2) is 48.5 Å². The van der Waals surface area contributed by atoms with Gasteiger partial charge in [0.05, 0.1) is 28.3 Å². The van der Waals surface area contributed by atoms with Crippen molar-refractivity contribution in [3.63, 3.8) is 0 Å². The van der Waals surface area contributed by atoms with Crippen molar-refractivity contribution in [2.45, 2.75) is 19.5 Å². The van der Waals surface area contributed by atoms with Crippen LogP contribution < -0.4 is 5.32 Å². The Hall–Kier alpha value is -2.12. The van der Waals surface area contributed by atoms with E-state index in [9.17, 15) is 9.59 Å². The second-order valence-corrected chi connectivity index (χ2v) is 8.64. The second-order valence-electron chi connectivity index (χ2n) is 7.82. The van der Waals surface area contributed by atoms with E-state index in [4.69, 9.17) is 23.2 Å². The molecule has 3 rings (SSSR count). The van der Waals surface area contributed by atoms with Crippen LogP contribution in [0.2, 0.25) is 10.0 Å². The highest BCUT2D eigenvalue weighted by Gasteiger charge is 2.28. The molecule has 0 aromatic heterocycles. The molecule has 0 aliphatic carbocycles. The van der Waals surface area contributed by atoms with Crippen molar-refractivity contribution in [3.05, 3.63) is 64.1 Å². The van der Waals surface area contributed by atoms with Gasteiger partial charge in [-0.15, -0.1) is 0 Å². The number of anilines is 1. The van der Waals surface area contributed by atoms with Crippen LogP contribution >= 0.6 is 23.2 Å². The second kappa shape index (κ2) is 11.0. The number of halogens is 2. The standard InChI is InChI=1S/C23H28Cl2N4O2/c1-17(27(2)16-21(30)26-22-19(24)9-6-10-20(22)25)23(31)29-13-11-28(12-14-29)15-18-7-4-3-5-8-18/h3-10,17H,11-16H2,1-2H3,(H,26,30). The van der Waals surface area contributed by atoms with Gasteiger partial charge in [-0.2, -0.15) is 0 Å². The summed E-state index contributed by atoms with van der Waals surface area (Å²) in [5.74, 6) is -0.240. The predicted molar refractivity (Wildman–Crippen MR) is 125 cm³/mol. The molecule has 0 saturated carbocycles. The first-order valence-electron chi connectivity index (χ1n) is 10.3. The van der Waals surface area contributed by atoms with Crippen LogP contribution in [0.4, 0.5) is 5.69 Å². The number of amides is 2. The first-order valence-corrected chi connectivity index (χ1v) is 11.1. The van der Waals surface area contributed by atoms with Crippen LogP contribution in [0.25, 0.3) is 0 Å². The number of hydrogen-bond acceptors (Lipinski definition) is 4. The van der Waals surface area contributed by atoms with E-state index in [0.29, 0.717) is 28.8 Å². The van der Waals surface area contributed by atoms with Crippen molar-refractivity contribution in [1.82, 2.24) is 14.7 Å². The van der Waals surface area contributed by atoms with Crippen molar-refractivity contribution in [2.75, 3.05) is 45.1 Å². The molecule has 8 heteroatoms. The zero-order valence-corrected chi connectivity index (χ0v) is 19.4. The van der Waals surface area contributed by atoms with Gasteiger partial charge in [0.15, 0.2) is 0 Å². The minimum atomic E-state index is -0.409. The van der Waals surface area contributed by atoms with Gasteiger partial charge in [0.2, 0.25) is 11.8 Å². The van der Waals surface area contributed by atoms with Crippen molar-refractivity contribution < 1.29 is 9.59 Å². The molecule has 0 bridgehead atoms. The largest absolute Gasteiger partial charge is 0.339 e. The quantitative estimate of drug-likeness (QED) is 0.682. The highest BCUT2D eigenvalue weighted by molar-refractivity contribution is 6.39. The van der Waals surface area contributed by atoms with Gasteiger partial charge >= 0.3 is 0 Å². The molecule has 0 radical (unpaired) electrons. The lowest BCUT2D eigenvalue weighted by molar-refractivity contribution is -0.138. The summed E-state index contributed by atoms with van der Waals surface area (Å²) in [6.07, 6.45) is 0. The molecule has 1 fully saturated rings. The van der Waals surface area contributed by atoms with E-state index < -0.39 is 6.04 Å². The zero-order chi connectivity index (χ0) is 22.4. The zero-order valence-electron chi connectivity index (χ0n) is 17.9. The number of likely N-dealkylation sites (N-methyl/N-ethyl adjacent to an activating group) is 1. The average molecular weight is 463 g/mol. The molecule has 1 N–H and O–H groups in total. The van der Waals surface area contributed by atoms with E-state index >= 15 is 0 Å². The molecule has 1 unspecified atom stereocenters. The topological polar surface area (TPSA) is 55.9 Å². The van der Waals surface area contributed by atoms with Gasteiger partial charge in [-0.05, 0) is 31.7 Å². The molecular weight excluding hydrogens is 435 g/mol. The fourth-order valence-corrected chi connectivity index (χ4v) is 4.07. The van der Waals surface area contributed by atoms with E-state index in [0.717, 1.165) is 19.6 Å². The van der Waals surface area contributed by atoms with E-state index in [1.807, 2.05) is 30.0 Å². The normalized spacial score (nSPS) is 15.7. The number of nitrogens with one attached hydrogen (secondary N) is 1. The minimum Gasteiger partial charge on any atom is -0.339 e. The van der Waals surface area contributed by atoms with Gasteiger partial charge in [-0.1, -0.05) is 59.6 Å². The highest BCUT2D eigenvalue weighted by atomic mass is 35.5. The van der Waals surface area contributed by atoms with Gasteiger partial charge < -0.3 is 10.2 Å². The number of piperazine rings is 1. The third-order valence-corrected chi connectivity index (χ3v) is 6.20. The lowest BCUT2D eigenvalue weighted by atomic mass is 10.2.